The summed E-state index contributed by atoms with van der Waals surface area (Å²) in [5, 5.41) is 23.1. The average molecular weight is 841 g/mol. The van der Waals surface area contributed by atoms with E-state index in [2.05, 4.69) is 13.8 Å². The molecule has 0 aliphatic rings. The van der Waals surface area contributed by atoms with Gasteiger partial charge in [0.15, 0.2) is 0 Å². The van der Waals surface area contributed by atoms with Crippen molar-refractivity contribution < 1.29 is 53.1 Å². The Bertz CT molecular complexity index is 885. The summed E-state index contributed by atoms with van der Waals surface area (Å²) >= 11 is 0. The Balaban J connectivity index is 3.58. The quantitative estimate of drug-likeness (QED) is 0.0424. The lowest BCUT2D eigenvalue weighted by Gasteiger charge is -2.18. The van der Waals surface area contributed by atoms with Gasteiger partial charge in [-0.3, -0.25) is 9.59 Å². The van der Waals surface area contributed by atoms with Crippen molar-refractivity contribution in [2.75, 3.05) is 52.9 Å². The summed E-state index contributed by atoms with van der Waals surface area (Å²) in [5.74, 6) is -3.44. The molecule has 0 radical (unpaired) electrons. The Kier molecular flexibility index (Phi) is 43.6. The van der Waals surface area contributed by atoms with Gasteiger partial charge >= 0.3 is 11.9 Å². The van der Waals surface area contributed by atoms with Crippen LogP contribution in [0.5, 0.6) is 0 Å². The number of carbonyl (C=O) groups is 4. The number of carbonyl (C=O) groups excluding carboxylic acids is 4. The summed E-state index contributed by atoms with van der Waals surface area (Å²) < 4.78 is 27.3. The molecule has 0 aromatic heterocycles. The molecule has 0 aromatic carbocycles. The van der Waals surface area contributed by atoms with E-state index in [1.165, 1.54) is 64.2 Å². The topological polar surface area (TPSA) is 161 Å². The van der Waals surface area contributed by atoms with Crippen molar-refractivity contribution in [3.63, 3.8) is 0 Å². The number of hydrogen-bond donors (Lipinski definition) is 0. The van der Waals surface area contributed by atoms with E-state index in [0.717, 1.165) is 116 Å². The molecule has 0 saturated carbocycles. The summed E-state index contributed by atoms with van der Waals surface area (Å²) in [4.78, 5) is 46.8. The lowest BCUT2D eigenvalue weighted by atomic mass is 9.97. The molecule has 0 heterocycles. The number of ether oxygens (including phenoxy) is 5. The smallest absolute Gasteiger partial charge is 0.305 e. The van der Waals surface area contributed by atoms with Crippen LogP contribution < -0.4 is 10.2 Å². The van der Waals surface area contributed by atoms with Crippen LogP contribution in [-0.4, -0.2) is 76.7 Å². The van der Waals surface area contributed by atoms with Gasteiger partial charge in [0.1, 0.15) is 13.2 Å². The minimum absolute atomic E-state index is 0.190. The molecule has 0 saturated heterocycles. The SMILES string of the molecule is CCCCCCCCCC(=O)OCCOCCC(CCCCCCCCOCCCCCCCCC(CCOCCOC(=O)CCCCCCCCC)C(=O)[O-])C(=O)[O-]. The van der Waals surface area contributed by atoms with Crippen molar-refractivity contribution in [2.24, 2.45) is 11.8 Å². The lowest BCUT2D eigenvalue weighted by molar-refractivity contribution is -0.313. The van der Waals surface area contributed by atoms with E-state index in [1.807, 2.05) is 0 Å². The van der Waals surface area contributed by atoms with Gasteiger partial charge in [0.05, 0.1) is 13.2 Å². The van der Waals surface area contributed by atoms with E-state index in [4.69, 9.17) is 23.7 Å². The second kappa shape index (κ2) is 45.3. The molecule has 0 N–H and O–H groups in total. The van der Waals surface area contributed by atoms with Gasteiger partial charge in [-0.2, -0.15) is 0 Å². The van der Waals surface area contributed by atoms with E-state index in [1.54, 1.807) is 0 Å². The molecule has 0 bridgehead atoms. The predicted molar refractivity (Wildman–Crippen MR) is 230 cm³/mol. The largest absolute Gasteiger partial charge is 0.550 e. The van der Waals surface area contributed by atoms with E-state index in [9.17, 15) is 29.4 Å². The molecule has 0 amide bonds. The molecular formula is C48H88O11-2. The van der Waals surface area contributed by atoms with Gasteiger partial charge in [0.2, 0.25) is 0 Å². The first-order chi connectivity index (χ1) is 28.8. The summed E-state index contributed by atoms with van der Waals surface area (Å²) in [7, 11) is 0. The Morgan fingerprint density at radius 2 is 0.644 bits per heavy atom. The lowest BCUT2D eigenvalue weighted by Crippen LogP contribution is -2.32. The average Bonchev–Trinajstić information content (AvgIpc) is 3.21. The van der Waals surface area contributed by atoms with Gasteiger partial charge in [-0.1, -0.05) is 155 Å². The van der Waals surface area contributed by atoms with E-state index >= 15 is 0 Å². The molecule has 0 rings (SSSR count). The first kappa shape index (κ1) is 56.8. The van der Waals surface area contributed by atoms with Gasteiger partial charge in [-0.05, 0) is 51.4 Å². The Hall–Kier alpha value is -2.24. The van der Waals surface area contributed by atoms with Gasteiger partial charge in [0.25, 0.3) is 0 Å². The Labute approximate surface area is 360 Å². The molecule has 2 atom stereocenters. The van der Waals surface area contributed by atoms with Crippen molar-refractivity contribution in [3.05, 3.63) is 0 Å². The summed E-state index contributed by atoms with van der Waals surface area (Å²) in [6.45, 7) is 7.56. The standard InChI is InChI=1S/C48H90O11/c1-3-5-7-9-11-19-25-31-45(49)58-41-39-56-37-33-43(47(51)52)29-23-17-13-15-21-27-35-55-36-28-22-16-14-18-24-30-44(48(53)54)34-38-57-40-42-59-46(50)32-26-20-12-10-8-6-4-2/h43-44H,3-42H2,1-2H3,(H,51,52)(H,53,54)/p-2. The van der Waals surface area contributed by atoms with Crippen LogP contribution in [0.25, 0.3) is 0 Å². The monoisotopic (exact) mass is 841 g/mol. The van der Waals surface area contributed by atoms with E-state index < -0.39 is 23.8 Å². The van der Waals surface area contributed by atoms with Gasteiger partial charge in [0, 0.05) is 63.0 Å². The second-order valence-corrected chi connectivity index (χ2v) is 16.4. The predicted octanol–water partition coefficient (Wildman–Crippen LogP) is 9.38. The Morgan fingerprint density at radius 3 is 1.00 bits per heavy atom. The maximum atomic E-state index is 11.8. The third-order valence-corrected chi connectivity index (χ3v) is 11.0. The van der Waals surface area contributed by atoms with Crippen molar-refractivity contribution >= 4 is 23.9 Å². The van der Waals surface area contributed by atoms with Crippen molar-refractivity contribution in [1.29, 1.82) is 0 Å². The van der Waals surface area contributed by atoms with Gasteiger partial charge < -0.3 is 43.5 Å². The molecule has 348 valence electrons. The Morgan fingerprint density at radius 1 is 0.339 bits per heavy atom. The van der Waals surface area contributed by atoms with Gasteiger partial charge in [-0.25, -0.2) is 0 Å². The van der Waals surface area contributed by atoms with E-state index in [0.29, 0.717) is 51.7 Å². The third kappa shape index (κ3) is 42.2. The molecule has 0 fully saturated rings. The highest BCUT2D eigenvalue weighted by atomic mass is 16.6. The van der Waals surface area contributed by atoms with Crippen LogP contribution in [0.2, 0.25) is 0 Å². The molecule has 2 unspecified atom stereocenters. The first-order valence-electron chi connectivity index (χ1n) is 24.3. The number of carboxylic acids is 2. The number of unbranched alkanes of at least 4 members (excludes halogenated alkanes) is 22. The zero-order valence-corrected chi connectivity index (χ0v) is 37.9. The van der Waals surface area contributed by atoms with Crippen LogP contribution in [-0.2, 0) is 42.9 Å². The zero-order valence-electron chi connectivity index (χ0n) is 37.9. The van der Waals surface area contributed by atoms with Gasteiger partial charge in [-0.15, -0.1) is 0 Å². The normalized spacial score (nSPS) is 12.4. The number of esters is 2. The van der Waals surface area contributed by atoms with Crippen LogP contribution in [0.1, 0.15) is 219 Å². The van der Waals surface area contributed by atoms with Crippen molar-refractivity contribution in [2.45, 2.75) is 219 Å². The molecule has 0 aliphatic carbocycles. The molecule has 0 spiro atoms. The van der Waals surface area contributed by atoms with Crippen LogP contribution >= 0.6 is 0 Å². The summed E-state index contributed by atoms with van der Waals surface area (Å²) in [6, 6.07) is 0. The molecule has 11 heteroatoms. The summed E-state index contributed by atoms with van der Waals surface area (Å²) in [6.07, 6.45) is 31.5. The molecule has 0 aromatic rings. The second-order valence-electron chi connectivity index (χ2n) is 16.4. The number of hydrogen-bond acceptors (Lipinski definition) is 11. The maximum Gasteiger partial charge on any atom is 0.305 e. The minimum Gasteiger partial charge on any atom is -0.550 e. The van der Waals surface area contributed by atoms with Crippen molar-refractivity contribution in [1.82, 2.24) is 0 Å². The maximum absolute atomic E-state index is 11.8. The highest BCUT2D eigenvalue weighted by Gasteiger charge is 2.12. The summed E-state index contributed by atoms with van der Waals surface area (Å²) in [5.41, 5.74) is 0. The molecular weight excluding hydrogens is 753 g/mol. The fraction of sp³-hybridized carbons (Fsp3) is 0.917. The third-order valence-electron chi connectivity index (χ3n) is 11.0. The van der Waals surface area contributed by atoms with Crippen LogP contribution in [0.15, 0.2) is 0 Å². The van der Waals surface area contributed by atoms with Crippen LogP contribution in [0.4, 0.5) is 0 Å². The fourth-order valence-electron chi connectivity index (χ4n) is 7.15. The van der Waals surface area contributed by atoms with Crippen LogP contribution in [0, 0.1) is 11.8 Å². The zero-order chi connectivity index (χ0) is 43.3. The number of aliphatic carboxylic acids is 2. The minimum atomic E-state index is -1.02. The highest BCUT2D eigenvalue weighted by Crippen LogP contribution is 2.17. The highest BCUT2D eigenvalue weighted by molar-refractivity contribution is 5.69. The molecule has 0 aliphatic heterocycles. The van der Waals surface area contributed by atoms with Crippen molar-refractivity contribution in [3.8, 4) is 0 Å². The first-order valence-corrected chi connectivity index (χ1v) is 24.3. The fourth-order valence-corrected chi connectivity index (χ4v) is 7.15. The number of rotatable bonds is 48. The van der Waals surface area contributed by atoms with Crippen LogP contribution in [0.3, 0.4) is 0 Å². The van der Waals surface area contributed by atoms with E-state index in [-0.39, 0.29) is 38.4 Å². The molecule has 59 heavy (non-hydrogen) atoms. The number of carboxylic acid groups (broad SMARTS) is 2. The molecule has 11 nitrogen and oxygen atoms in total.